The first-order valence-corrected chi connectivity index (χ1v) is 20.4. The SMILES string of the molecule is CCCCC/C=C\C/C=C\C/C=C\C=C\[C@@H](O)CCCC(=O)OC[C@H](COP(=O)(O)O)OC(=O)CCCCCCCCCCCCC(C)C. The average molecular weight is 713 g/mol. The molecule has 49 heavy (non-hydrogen) atoms. The van der Waals surface area contributed by atoms with E-state index in [9.17, 15) is 19.3 Å². The summed E-state index contributed by atoms with van der Waals surface area (Å²) in [7, 11) is -4.79. The molecule has 0 aliphatic heterocycles. The number of hydrogen-bond donors (Lipinski definition) is 3. The molecule has 0 unspecified atom stereocenters. The Morgan fingerprint density at radius 2 is 1.27 bits per heavy atom. The second-order valence-electron chi connectivity index (χ2n) is 13.2. The van der Waals surface area contributed by atoms with E-state index in [1.807, 2.05) is 12.2 Å². The van der Waals surface area contributed by atoms with E-state index in [0.717, 1.165) is 44.4 Å². The zero-order valence-electron chi connectivity index (χ0n) is 30.9. The standard InChI is InChI=1S/C39H69O9P/c1-4-5-6-7-8-9-10-11-12-16-19-22-25-29-36(40)30-27-32-38(41)46-33-37(34-47-49(43,44)45)48-39(42)31-26-23-20-17-14-13-15-18-21-24-28-35(2)3/h8-9,11-12,19,22,25,29,35-37,40H,4-7,10,13-18,20-21,23-24,26-28,30-34H2,1-3H3,(H2,43,44,45)/b9-8-,12-11-,22-19-,29-25+/t36-,37-/m1/s1. The van der Waals surface area contributed by atoms with Crippen molar-refractivity contribution in [3.05, 3.63) is 48.6 Å². The molecule has 0 saturated heterocycles. The largest absolute Gasteiger partial charge is 0.469 e. The minimum atomic E-state index is -4.79. The minimum Gasteiger partial charge on any atom is -0.462 e. The lowest BCUT2D eigenvalue weighted by molar-refractivity contribution is -0.161. The number of aliphatic hydroxyl groups is 1. The molecule has 0 aromatic carbocycles. The zero-order valence-corrected chi connectivity index (χ0v) is 31.7. The first kappa shape index (κ1) is 47.0. The third kappa shape index (κ3) is 37.1. The maximum atomic E-state index is 12.4. The fourth-order valence-corrected chi connectivity index (χ4v) is 5.37. The molecule has 0 rings (SSSR count). The Labute approximate surface area is 297 Å². The number of allylic oxidation sites excluding steroid dienone is 7. The van der Waals surface area contributed by atoms with Crippen molar-refractivity contribution in [1.82, 2.24) is 0 Å². The van der Waals surface area contributed by atoms with Crippen molar-refractivity contribution < 1.29 is 43.0 Å². The number of phosphoric ester groups is 1. The molecule has 0 bridgehead atoms. The van der Waals surface area contributed by atoms with Crippen LogP contribution < -0.4 is 0 Å². The summed E-state index contributed by atoms with van der Waals surface area (Å²) in [6, 6.07) is 0. The van der Waals surface area contributed by atoms with E-state index >= 15 is 0 Å². The van der Waals surface area contributed by atoms with Crippen molar-refractivity contribution in [2.75, 3.05) is 13.2 Å². The van der Waals surface area contributed by atoms with Gasteiger partial charge in [0.05, 0.1) is 12.7 Å². The molecule has 2 atom stereocenters. The van der Waals surface area contributed by atoms with E-state index in [1.54, 1.807) is 12.2 Å². The summed E-state index contributed by atoms with van der Waals surface area (Å²) in [5.41, 5.74) is 0. The van der Waals surface area contributed by atoms with Crippen molar-refractivity contribution in [1.29, 1.82) is 0 Å². The molecule has 0 aromatic heterocycles. The predicted octanol–water partition coefficient (Wildman–Crippen LogP) is 10.0. The van der Waals surface area contributed by atoms with Gasteiger partial charge in [0.15, 0.2) is 6.10 Å². The zero-order chi connectivity index (χ0) is 36.4. The third-order valence-electron chi connectivity index (χ3n) is 7.88. The van der Waals surface area contributed by atoms with E-state index in [-0.39, 0.29) is 19.4 Å². The van der Waals surface area contributed by atoms with Gasteiger partial charge in [-0.15, -0.1) is 0 Å². The molecule has 0 aliphatic rings. The number of carbonyl (C=O) groups is 2. The van der Waals surface area contributed by atoms with Gasteiger partial charge >= 0.3 is 19.8 Å². The smallest absolute Gasteiger partial charge is 0.462 e. The van der Waals surface area contributed by atoms with Crippen LogP contribution in [-0.4, -0.2) is 52.3 Å². The molecule has 0 saturated carbocycles. The maximum absolute atomic E-state index is 12.4. The molecule has 0 aliphatic carbocycles. The molecule has 9 nitrogen and oxygen atoms in total. The lowest BCUT2D eigenvalue weighted by Crippen LogP contribution is -2.29. The van der Waals surface area contributed by atoms with Gasteiger partial charge in [-0.05, 0) is 50.9 Å². The Bertz CT molecular complexity index is 968. The Morgan fingerprint density at radius 1 is 0.673 bits per heavy atom. The van der Waals surface area contributed by atoms with Crippen molar-refractivity contribution in [2.45, 2.75) is 168 Å². The van der Waals surface area contributed by atoms with Gasteiger partial charge < -0.3 is 24.4 Å². The number of phosphoric acid groups is 1. The lowest BCUT2D eigenvalue weighted by atomic mass is 10.0. The Balaban J connectivity index is 4.18. The Morgan fingerprint density at radius 3 is 1.90 bits per heavy atom. The minimum absolute atomic E-state index is 0.0384. The summed E-state index contributed by atoms with van der Waals surface area (Å²) in [4.78, 5) is 42.7. The van der Waals surface area contributed by atoms with E-state index in [0.29, 0.717) is 19.3 Å². The molecule has 10 heteroatoms. The fraction of sp³-hybridized carbons (Fsp3) is 0.744. The summed E-state index contributed by atoms with van der Waals surface area (Å²) >= 11 is 0. The van der Waals surface area contributed by atoms with E-state index in [4.69, 9.17) is 19.3 Å². The molecule has 284 valence electrons. The molecule has 0 amide bonds. The van der Waals surface area contributed by atoms with Gasteiger partial charge in [0.25, 0.3) is 0 Å². The molecule has 0 spiro atoms. The first-order chi connectivity index (χ1) is 23.5. The van der Waals surface area contributed by atoms with Gasteiger partial charge in [0, 0.05) is 12.8 Å². The normalized spacial score (nSPS) is 13.8. The quantitative estimate of drug-likeness (QED) is 0.0199. The second kappa shape index (κ2) is 33.1. The number of aliphatic hydroxyl groups excluding tert-OH is 1. The first-order valence-electron chi connectivity index (χ1n) is 18.9. The number of hydrogen-bond acceptors (Lipinski definition) is 7. The van der Waals surface area contributed by atoms with E-state index in [2.05, 4.69) is 49.6 Å². The van der Waals surface area contributed by atoms with Crippen LogP contribution in [0, 0.1) is 5.92 Å². The van der Waals surface area contributed by atoms with E-state index < -0.39 is 38.6 Å². The molecule has 0 heterocycles. The molecule has 3 N–H and O–H groups in total. The van der Waals surface area contributed by atoms with Gasteiger partial charge in [0.2, 0.25) is 0 Å². The van der Waals surface area contributed by atoms with Crippen LogP contribution in [0.3, 0.4) is 0 Å². The van der Waals surface area contributed by atoms with Gasteiger partial charge in [-0.25, -0.2) is 4.57 Å². The topological polar surface area (TPSA) is 140 Å². The van der Waals surface area contributed by atoms with Gasteiger partial charge in [-0.3, -0.25) is 14.1 Å². The number of unbranched alkanes of at least 4 members (excludes halogenated alkanes) is 12. The summed E-state index contributed by atoms with van der Waals surface area (Å²) in [6.07, 6.45) is 34.5. The molecule has 0 radical (unpaired) electrons. The average Bonchev–Trinajstić information content (AvgIpc) is 3.04. The monoisotopic (exact) mass is 712 g/mol. The number of esters is 2. The van der Waals surface area contributed by atoms with Crippen molar-refractivity contribution in [3.8, 4) is 0 Å². The highest BCUT2D eigenvalue weighted by Gasteiger charge is 2.23. The summed E-state index contributed by atoms with van der Waals surface area (Å²) in [6.45, 7) is 5.77. The van der Waals surface area contributed by atoms with Crippen molar-refractivity contribution in [3.63, 3.8) is 0 Å². The fourth-order valence-electron chi connectivity index (χ4n) is 5.01. The van der Waals surface area contributed by atoms with Crippen LogP contribution in [0.2, 0.25) is 0 Å². The predicted molar refractivity (Wildman–Crippen MR) is 199 cm³/mol. The molecular formula is C39H69O9P. The Hall–Kier alpha value is -2.03. The summed E-state index contributed by atoms with van der Waals surface area (Å²) in [5, 5.41) is 10.2. The third-order valence-corrected chi connectivity index (χ3v) is 8.37. The highest BCUT2D eigenvalue weighted by Crippen LogP contribution is 2.36. The van der Waals surface area contributed by atoms with Crippen LogP contribution in [0.1, 0.15) is 156 Å². The highest BCUT2D eigenvalue weighted by atomic mass is 31.2. The molecular weight excluding hydrogens is 643 g/mol. The van der Waals surface area contributed by atoms with Gasteiger partial charge in [-0.2, -0.15) is 0 Å². The molecule has 0 fully saturated rings. The van der Waals surface area contributed by atoms with Crippen LogP contribution in [0.4, 0.5) is 0 Å². The van der Waals surface area contributed by atoms with Crippen LogP contribution in [0.15, 0.2) is 48.6 Å². The van der Waals surface area contributed by atoms with Gasteiger partial charge in [0.1, 0.15) is 6.61 Å². The Kier molecular flexibility index (Phi) is 31.8. The van der Waals surface area contributed by atoms with Crippen LogP contribution in [-0.2, 0) is 28.2 Å². The number of carbonyl (C=O) groups excluding carboxylic acids is 2. The van der Waals surface area contributed by atoms with Crippen LogP contribution in [0.25, 0.3) is 0 Å². The van der Waals surface area contributed by atoms with E-state index in [1.165, 1.54) is 64.2 Å². The maximum Gasteiger partial charge on any atom is 0.469 e. The number of ether oxygens (including phenoxy) is 2. The van der Waals surface area contributed by atoms with Gasteiger partial charge in [-0.1, -0.05) is 146 Å². The van der Waals surface area contributed by atoms with Crippen LogP contribution >= 0.6 is 7.82 Å². The summed E-state index contributed by atoms with van der Waals surface area (Å²) in [5.74, 6) is -0.304. The molecule has 0 aromatic rings. The highest BCUT2D eigenvalue weighted by molar-refractivity contribution is 7.46. The van der Waals surface area contributed by atoms with Crippen LogP contribution in [0.5, 0.6) is 0 Å². The van der Waals surface area contributed by atoms with Crippen molar-refractivity contribution >= 4 is 19.8 Å². The summed E-state index contributed by atoms with van der Waals surface area (Å²) < 4.78 is 26.2. The lowest BCUT2D eigenvalue weighted by Gasteiger charge is -2.18. The van der Waals surface area contributed by atoms with Crippen molar-refractivity contribution in [2.24, 2.45) is 5.92 Å². The second-order valence-corrected chi connectivity index (χ2v) is 14.5. The number of rotatable bonds is 33.